The van der Waals surface area contributed by atoms with E-state index in [9.17, 15) is 4.79 Å². The van der Waals surface area contributed by atoms with E-state index in [0.29, 0.717) is 16.5 Å². The molecule has 1 N–H and O–H groups in total. The van der Waals surface area contributed by atoms with Crippen molar-refractivity contribution in [2.75, 3.05) is 6.54 Å². The molecule has 22 heavy (non-hydrogen) atoms. The number of aromatic nitrogens is 2. The summed E-state index contributed by atoms with van der Waals surface area (Å²) in [5.41, 5.74) is 1.36. The molecule has 0 radical (unpaired) electrons. The minimum Gasteiger partial charge on any atom is -0.352 e. The Morgan fingerprint density at radius 1 is 1.36 bits per heavy atom. The Labute approximate surface area is 135 Å². The number of aryl methyl sites for hydroxylation is 1. The molecule has 0 unspecified atom stereocenters. The van der Waals surface area contributed by atoms with Crippen molar-refractivity contribution < 1.29 is 4.79 Å². The summed E-state index contributed by atoms with van der Waals surface area (Å²) in [4.78, 5) is 16.8. The summed E-state index contributed by atoms with van der Waals surface area (Å²) in [6.07, 6.45) is 11.1. The summed E-state index contributed by atoms with van der Waals surface area (Å²) in [7, 11) is 1.88. The van der Waals surface area contributed by atoms with Gasteiger partial charge in [-0.3, -0.25) is 4.79 Å². The van der Waals surface area contributed by atoms with Crippen LogP contribution in [-0.4, -0.2) is 22.0 Å². The molecular weight excluding hydrogens is 298 g/mol. The molecule has 118 valence electrons. The molecule has 2 aromatic heterocycles. The van der Waals surface area contributed by atoms with Gasteiger partial charge in [-0.1, -0.05) is 37.3 Å². The Morgan fingerprint density at radius 2 is 2.09 bits per heavy atom. The molecule has 1 saturated carbocycles. The minimum atomic E-state index is -0.0512. The molecule has 2 heterocycles. The van der Waals surface area contributed by atoms with Crippen LogP contribution >= 0.6 is 11.6 Å². The number of nitrogens with zero attached hydrogens (tertiary/aromatic N) is 2. The first kappa shape index (κ1) is 15.3. The highest BCUT2D eigenvalue weighted by Crippen LogP contribution is 2.27. The van der Waals surface area contributed by atoms with Gasteiger partial charge in [0.1, 0.15) is 5.65 Å². The Kier molecular flexibility index (Phi) is 4.67. The number of rotatable bonds is 3. The third kappa shape index (κ3) is 3.12. The normalized spacial score (nSPS) is 16.6. The number of carbonyl (C=O) groups is 1. The van der Waals surface area contributed by atoms with Gasteiger partial charge < -0.3 is 9.88 Å². The molecule has 3 rings (SSSR count). The van der Waals surface area contributed by atoms with Crippen LogP contribution in [0.2, 0.25) is 5.02 Å². The SMILES string of the molecule is Cn1cc(C(=O)NCC2CCCCCC2)c2c(Cl)ccnc21. The van der Waals surface area contributed by atoms with Gasteiger partial charge in [-0.05, 0) is 24.8 Å². The van der Waals surface area contributed by atoms with E-state index in [4.69, 9.17) is 11.6 Å². The van der Waals surface area contributed by atoms with Gasteiger partial charge in [0.05, 0.1) is 16.0 Å². The molecular formula is C17H22ClN3O. The fourth-order valence-corrected chi connectivity index (χ4v) is 3.58. The van der Waals surface area contributed by atoms with Crippen LogP contribution in [0.5, 0.6) is 0 Å². The monoisotopic (exact) mass is 319 g/mol. The maximum atomic E-state index is 12.5. The van der Waals surface area contributed by atoms with Gasteiger partial charge in [-0.25, -0.2) is 4.98 Å². The standard InChI is InChI=1S/C17H22ClN3O/c1-21-11-13(15-14(18)8-9-19-16(15)21)17(22)20-10-12-6-4-2-3-5-7-12/h8-9,11-12H,2-7,10H2,1H3,(H,20,22). The van der Waals surface area contributed by atoms with Crippen LogP contribution in [0.3, 0.4) is 0 Å². The van der Waals surface area contributed by atoms with E-state index < -0.39 is 0 Å². The second kappa shape index (κ2) is 6.69. The van der Waals surface area contributed by atoms with Gasteiger partial charge in [0.15, 0.2) is 0 Å². The number of pyridine rings is 1. The fourth-order valence-electron chi connectivity index (χ4n) is 3.34. The lowest BCUT2D eigenvalue weighted by molar-refractivity contribution is 0.0947. The second-order valence-corrected chi connectivity index (χ2v) is 6.62. The molecule has 0 bridgehead atoms. The summed E-state index contributed by atoms with van der Waals surface area (Å²) in [6, 6.07) is 1.73. The van der Waals surface area contributed by atoms with Crippen molar-refractivity contribution in [3.8, 4) is 0 Å². The number of halogens is 1. The van der Waals surface area contributed by atoms with Crippen LogP contribution in [0.25, 0.3) is 11.0 Å². The molecule has 4 nitrogen and oxygen atoms in total. The third-order valence-electron chi connectivity index (χ3n) is 4.58. The Bertz CT molecular complexity index is 672. The number of amides is 1. The van der Waals surface area contributed by atoms with Crippen molar-refractivity contribution in [2.45, 2.75) is 38.5 Å². The summed E-state index contributed by atoms with van der Waals surface area (Å²) in [5.74, 6) is 0.555. The molecule has 2 aromatic rings. The van der Waals surface area contributed by atoms with E-state index in [-0.39, 0.29) is 5.91 Å². The number of fused-ring (bicyclic) bond motifs is 1. The van der Waals surface area contributed by atoms with Gasteiger partial charge in [0.2, 0.25) is 0 Å². The van der Waals surface area contributed by atoms with Crippen LogP contribution in [0, 0.1) is 5.92 Å². The quantitative estimate of drug-likeness (QED) is 0.871. The lowest BCUT2D eigenvalue weighted by Gasteiger charge is -2.14. The molecule has 1 aliphatic carbocycles. The van der Waals surface area contributed by atoms with Crippen LogP contribution in [0.1, 0.15) is 48.9 Å². The highest BCUT2D eigenvalue weighted by Gasteiger charge is 2.19. The predicted molar refractivity (Wildman–Crippen MR) is 89.2 cm³/mol. The second-order valence-electron chi connectivity index (χ2n) is 6.21. The van der Waals surface area contributed by atoms with Crippen molar-refractivity contribution in [1.82, 2.24) is 14.9 Å². The fraction of sp³-hybridized carbons (Fsp3) is 0.529. The van der Waals surface area contributed by atoms with Crippen molar-refractivity contribution in [1.29, 1.82) is 0 Å². The van der Waals surface area contributed by atoms with E-state index in [1.165, 1.54) is 38.5 Å². The maximum absolute atomic E-state index is 12.5. The topological polar surface area (TPSA) is 46.9 Å². The Morgan fingerprint density at radius 3 is 2.82 bits per heavy atom. The summed E-state index contributed by atoms with van der Waals surface area (Å²) >= 11 is 6.26. The minimum absolute atomic E-state index is 0.0512. The zero-order valence-electron chi connectivity index (χ0n) is 12.9. The highest BCUT2D eigenvalue weighted by molar-refractivity contribution is 6.36. The Balaban J connectivity index is 1.75. The molecule has 1 amide bonds. The van der Waals surface area contributed by atoms with Gasteiger partial charge in [-0.2, -0.15) is 0 Å². The predicted octanol–water partition coefficient (Wildman–Crippen LogP) is 3.93. The van der Waals surface area contributed by atoms with Crippen LogP contribution in [-0.2, 0) is 7.05 Å². The van der Waals surface area contributed by atoms with E-state index in [1.807, 2.05) is 17.8 Å². The lowest BCUT2D eigenvalue weighted by Crippen LogP contribution is -2.29. The number of carbonyl (C=O) groups excluding carboxylic acids is 1. The van der Waals surface area contributed by atoms with Gasteiger partial charge in [0.25, 0.3) is 5.91 Å². The summed E-state index contributed by atoms with van der Waals surface area (Å²) in [5, 5.41) is 4.41. The third-order valence-corrected chi connectivity index (χ3v) is 4.89. The number of hydrogen-bond acceptors (Lipinski definition) is 2. The van der Waals surface area contributed by atoms with Crippen LogP contribution in [0.15, 0.2) is 18.5 Å². The largest absolute Gasteiger partial charge is 0.352 e. The van der Waals surface area contributed by atoms with Gasteiger partial charge in [-0.15, -0.1) is 0 Å². The first-order valence-corrected chi connectivity index (χ1v) is 8.42. The average Bonchev–Trinajstić information content (AvgIpc) is 2.70. The maximum Gasteiger partial charge on any atom is 0.253 e. The summed E-state index contributed by atoms with van der Waals surface area (Å²) in [6.45, 7) is 0.757. The highest BCUT2D eigenvalue weighted by atomic mass is 35.5. The zero-order valence-corrected chi connectivity index (χ0v) is 13.7. The smallest absolute Gasteiger partial charge is 0.253 e. The average molecular weight is 320 g/mol. The number of nitrogens with one attached hydrogen (secondary N) is 1. The summed E-state index contributed by atoms with van der Waals surface area (Å²) < 4.78 is 1.85. The van der Waals surface area contributed by atoms with E-state index in [1.54, 1.807) is 12.3 Å². The molecule has 1 aliphatic rings. The van der Waals surface area contributed by atoms with Crippen molar-refractivity contribution in [3.63, 3.8) is 0 Å². The molecule has 0 atom stereocenters. The van der Waals surface area contributed by atoms with E-state index in [0.717, 1.165) is 17.6 Å². The van der Waals surface area contributed by atoms with Crippen molar-refractivity contribution >= 4 is 28.5 Å². The molecule has 0 aliphatic heterocycles. The molecule has 5 heteroatoms. The van der Waals surface area contributed by atoms with E-state index in [2.05, 4.69) is 10.3 Å². The van der Waals surface area contributed by atoms with Crippen molar-refractivity contribution in [3.05, 3.63) is 29.0 Å². The molecule has 0 saturated heterocycles. The number of hydrogen-bond donors (Lipinski definition) is 1. The molecule has 1 fully saturated rings. The zero-order chi connectivity index (χ0) is 15.5. The lowest BCUT2D eigenvalue weighted by atomic mass is 10.0. The Hall–Kier alpha value is -1.55. The van der Waals surface area contributed by atoms with Gasteiger partial charge >= 0.3 is 0 Å². The van der Waals surface area contributed by atoms with Crippen LogP contribution < -0.4 is 5.32 Å². The van der Waals surface area contributed by atoms with E-state index >= 15 is 0 Å². The molecule has 0 aromatic carbocycles. The molecule has 0 spiro atoms. The first-order valence-electron chi connectivity index (χ1n) is 8.04. The van der Waals surface area contributed by atoms with Crippen molar-refractivity contribution in [2.24, 2.45) is 13.0 Å². The van der Waals surface area contributed by atoms with Gasteiger partial charge in [0, 0.05) is 26.0 Å². The van der Waals surface area contributed by atoms with Crippen LogP contribution in [0.4, 0.5) is 0 Å². The first-order chi connectivity index (χ1) is 10.7.